The highest BCUT2D eigenvalue weighted by molar-refractivity contribution is 6.30. The van der Waals surface area contributed by atoms with Crippen LogP contribution in [-0.4, -0.2) is 59.7 Å². The Morgan fingerprint density at radius 2 is 1.80 bits per heavy atom. The number of nitrogens with one attached hydrogen (secondary N) is 1. The molecule has 40 heavy (non-hydrogen) atoms. The number of carbonyl (C=O) groups is 2. The molecule has 4 aromatic rings. The summed E-state index contributed by atoms with van der Waals surface area (Å²) in [6.45, 7) is 4.97. The summed E-state index contributed by atoms with van der Waals surface area (Å²) < 4.78 is 7.30. The highest BCUT2D eigenvalue weighted by Gasteiger charge is 2.19. The van der Waals surface area contributed by atoms with Gasteiger partial charge in [0.1, 0.15) is 5.69 Å². The number of amides is 1. The fourth-order valence-corrected chi connectivity index (χ4v) is 5.00. The van der Waals surface area contributed by atoms with Crippen LogP contribution in [0.4, 0.5) is 0 Å². The molecule has 0 spiro atoms. The molecule has 1 aromatic heterocycles. The second-order valence-electron chi connectivity index (χ2n) is 10.2. The number of nitrogens with zero attached hydrogens (tertiary/aromatic N) is 2. The zero-order valence-electron chi connectivity index (χ0n) is 23.4. The fourth-order valence-electron chi connectivity index (χ4n) is 4.81. The smallest absolute Gasteiger partial charge is 0.354 e. The Bertz CT molecular complexity index is 1500. The van der Waals surface area contributed by atoms with Crippen LogP contribution in [0, 0.1) is 0 Å². The van der Waals surface area contributed by atoms with Crippen molar-refractivity contribution in [1.29, 1.82) is 0 Å². The van der Waals surface area contributed by atoms with Gasteiger partial charge in [0.25, 0.3) is 5.91 Å². The summed E-state index contributed by atoms with van der Waals surface area (Å²) in [5, 5.41) is 15.5. The topological polar surface area (TPSA) is 83.8 Å². The Morgan fingerprint density at radius 3 is 2.52 bits per heavy atom. The molecule has 210 valence electrons. The normalized spacial score (nSPS) is 12.8. The van der Waals surface area contributed by atoms with E-state index in [1.54, 1.807) is 44.1 Å². The van der Waals surface area contributed by atoms with Crippen LogP contribution in [0.1, 0.15) is 57.5 Å². The molecule has 0 aliphatic heterocycles. The monoisotopic (exact) mass is 561 g/mol. The lowest BCUT2D eigenvalue weighted by Gasteiger charge is -2.18. The number of halogens is 1. The van der Waals surface area contributed by atoms with E-state index in [2.05, 4.69) is 24.4 Å². The van der Waals surface area contributed by atoms with Gasteiger partial charge in [0.05, 0.1) is 12.7 Å². The van der Waals surface area contributed by atoms with E-state index in [4.69, 9.17) is 16.3 Å². The Labute approximate surface area is 240 Å². The van der Waals surface area contributed by atoms with Gasteiger partial charge in [-0.25, -0.2) is 4.79 Å². The van der Waals surface area contributed by atoms with Crippen LogP contribution in [0.3, 0.4) is 0 Å². The molecule has 8 heteroatoms. The van der Waals surface area contributed by atoms with Crippen molar-refractivity contribution in [3.63, 3.8) is 0 Å². The molecule has 4 rings (SSSR count). The van der Waals surface area contributed by atoms with Crippen LogP contribution >= 0.6 is 11.6 Å². The molecule has 2 N–H and O–H groups in total. The Kier molecular flexibility index (Phi) is 9.63. The average Bonchev–Trinajstić information content (AvgIpc) is 3.29. The van der Waals surface area contributed by atoms with Gasteiger partial charge in [-0.1, -0.05) is 41.9 Å². The van der Waals surface area contributed by atoms with E-state index in [-0.39, 0.29) is 24.5 Å². The van der Waals surface area contributed by atoms with Crippen LogP contribution in [0.5, 0.6) is 0 Å². The third-order valence-corrected chi connectivity index (χ3v) is 7.04. The van der Waals surface area contributed by atoms with Crippen molar-refractivity contribution in [3.05, 3.63) is 106 Å². The first-order valence-corrected chi connectivity index (χ1v) is 13.8. The van der Waals surface area contributed by atoms with Gasteiger partial charge in [-0.05, 0) is 79.4 Å². The van der Waals surface area contributed by atoms with Gasteiger partial charge in [-0.2, -0.15) is 0 Å². The number of aliphatic hydroxyl groups excluding tert-OH is 1. The highest BCUT2D eigenvalue weighted by atomic mass is 35.5. The number of esters is 1. The van der Waals surface area contributed by atoms with Crippen LogP contribution in [0.25, 0.3) is 10.9 Å². The SMILES string of the molecule is CCOC(=O)c1cc2cc(C[C@@H](C)NC[C@H](O)c3cccc(Cl)c3)ccc2n1Cc1cccc(C(=O)N(C)C)c1. The molecule has 0 aliphatic carbocycles. The summed E-state index contributed by atoms with van der Waals surface area (Å²) in [4.78, 5) is 26.9. The van der Waals surface area contributed by atoms with E-state index < -0.39 is 6.10 Å². The zero-order chi connectivity index (χ0) is 28.8. The molecular formula is C32H36ClN3O4. The number of aromatic nitrogens is 1. The molecule has 0 saturated heterocycles. The average molecular weight is 562 g/mol. The molecule has 0 radical (unpaired) electrons. The summed E-state index contributed by atoms with van der Waals surface area (Å²) in [5.74, 6) is -0.455. The van der Waals surface area contributed by atoms with Crippen LogP contribution in [-0.2, 0) is 17.7 Å². The lowest BCUT2D eigenvalue weighted by Crippen LogP contribution is -2.32. The minimum atomic E-state index is -0.656. The van der Waals surface area contributed by atoms with Crippen molar-refractivity contribution < 1.29 is 19.4 Å². The molecule has 0 fully saturated rings. The van der Waals surface area contributed by atoms with Crippen molar-refractivity contribution in [1.82, 2.24) is 14.8 Å². The molecule has 0 unspecified atom stereocenters. The maximum atomic E-state index is 12.9. The molecule has 2 atom stereocenters. The van der Waals surface area contributed by atoms with Gasteiger partial charge < -0.3 is 24.6 Å². The summed E-state index contributed by atoms with van der Waals surface area (Å²) in [7, 11) is 3.45. The van der Waals surface area contributed by atoms with E-state index in [9.17, 15) is 14.7 Å². The van der Waals surface area contributed by atoms with Crippen molar-refractivity contribution in [2.75, 3.05) is 27.2 Å². The predicted molar refractivity (Wildman–Crippen MR) is 159 cm³/mol. The first kappa shape index (κ1) is 29.3. The lowest BCUT2D eigenvalue weighted by atomic mass is 10.0. The number of rotatable bonds is 11. The minimum absolute atomic E-state index is 0.0720. The van der Waals surface area contributed by atoms with Gasteiger partial charge in [0.2, 0.25) is 0 Å². The number of carbonyl (C=O) groups excluding carboxylic acids is 2. The van der Waals surface area contributed by atoms with Crippen molar-refractivity contribution in [3.8, 4) is 0 Å². The standard InChI is InChI=1S/C32H36ClN3O4/c1-5-40-32(39)29-18-26-15-22(14-21(2)34-19-30(37)24-9-7-11-27(33)17-24)12-13-28(26)36(29)20-23-8-6-10-25(16-23)31(38)35(3)4/h6-13,15-18,21,30,34,37H,5,14,19-20H2,1-4H3/t21-,30+/m1/s1. The van der Waals surface area contributed by atoms with Gasteiger partial charge in [-0.3, -0.25) is 4.79 Å². The molecule has 7 nitrogen and oxygen atoms in total. The molecule has 0 bridgehead atoms. The van der Waals surface area contributed by atoms with E-state index >= 15 is 0 Å². The maximum Gasteiger partial charge on any atom is 0.354 e. The number of ether oxygens (including phenoxy) is 1. The molecule has 3 aromatic carbocycles. The van der Waals surface area contributed by atoms with Crippen molar-refractivity contribution in [2.45, 2.75) is 39.0 Å². The molecular weight excluding hydrogens is 526 g/mol. The Morgan fingerprint density at radius 1 is 1.02 bits per heavy atom. The van der Waals surface area contributed by atoms with E-state index in [1.165, 1.54) is 0 Å². The second kappa shape index (κ2) is 13.1. The molecule has 1 amide bonds. The number of fused-ring (bicyclic) bond motifs is 1. The summed E-state index contributed by atoms with van der Waals surface area (Å²) in [6, 6.07) is 22.9. The molecule has 0 saturated carbocycles. The summed E-state index contributed by atoms with van der Waals surface area (Å²) >= 11 is 6.06. The fraction of sp³-hybridized carbons (Fsp3) is 0.312. The number of hydrogen-bond acceptors (Lipinski definition) is 5. The first-order chi connectivity index (χ1) is 19.2. The quantitative estimate of drug-likeness (QED) is 0.237. The molecule has 1 heterocycles. The van der Waals surface area contributed by atoms with Crippen LogP contribution in [0.2, 0.25) is 5.02 Å². The van der Waals surface area contributed by atoms with Gasteiger partial charge >= 0.3 is 5.97 Å². The largest absolute Gasteiger partial charge is 0.461 e. The van der Waals surface area contributed by atoms with Gasteiger partial charge in [0.15, 0.2) is 0 Å². The van der Waals surface area contributed by atoms with Crippen molar-refractivity contribution in [2.24, 2.45) is 0 Å². The molecule has 0 aliphatic rings. The Balaban J connectivity index is 1.54. The van der Waals surface area contributed by atoms with Crippen LogP contribution < -0.4 is 5.32 Å². The number of benzene rings is 3. The Hall–Kier alpha value is -3.65. The minimum Gasteiger partial charge on any atom is -0.461 e. The van der Waals surface area contributed by atoms with Crippen molar-refractivity contribution >= 4 is 34.4 Å². The highest BCUT2D eigenvalue weighted by Crippen LogP contribution is 2.25. The predicted octanol–water partition coefficient (Wildman–Crippen LogP) is 5.48. The number of aliphatic hydroxyl groups is 1. The van der Waals surface area contributed by atoms with Crippen LogP contribution in [0.15, 0.2) is 72.8 Å². The summed E-state index contributed by atoms with van der Waals surface area (Å²) in [6.07, 6.45) is 0.0867. The third kappa shape index (κ3) is 7.10. The first-order valence-electron chi connectivity index (χ1n) is 13.4. The zero-order valence-corrected chi connectivity index (χ0v) is 24.1. The second-order valence-corrected chi connectivity index (χ2v) is 10.6. The summed E-state index contributed by atoms with van der Waals surface area (Å²) in [5.41, 5.74) is 4.77. The third-order valence-electron chi connectivity index (χ3n) is 6.81. The van der Waals surface area contributed by atoms with E-state index in [1.807, 2.05) is 47.0 Å². The van der Waals surface area contributed by atoms with Gasteiger partial charge in [0, 0.05) is 54.7 Å². The van der Waals surface area contributed by atoms with Gasteiger partial charge in [-0.15, -0.1) is 0 Å². The maximum absolute atomic E-state index is 12.9. The van der Waals surface area contributed by atoms with E-state index in [0.717, 1.165) is 34.0 Å². The number of hydrogen-bond donors (Lipinski definition) is 2. The lowest BCUT2D eigenvalue weighted by molar-refractivity contribution is 0.0514. The van der Waals surface area contributed by atoms with E-state index in [0.29, 0.717) is 29.4 Å².